The van der Waals surface area contributed by atoms with Crippen LogP contribution in [0.4, 0.5) is 13.2 Å². The summed E-state index contributed by atoms with van der Waals surface area (Å²) in [6.07, 6.45) is -2.96. The first-order valence-corrected chi connectivity index (χ1v) is 9.08. The number of fused-ring (bicyclic) bond motifs is 1. The Balaban J connectivity index is 1.52. The van der Waals surface area contributed by atoms with E-state index in [1.54, 1.807) is 11.4 Å². The van der Waals surface area contributed by atoms with E-state index >= 15 is 0 Å². The number of hydrogen-bond donors (Lipinski definition) is 1. The van der Waals surface area contributed by atoms with E-state index in [2.05, 4.69) is 22.1 Å². The third-order valence-electron chi connectivity index (χ3n) is 3.83. The van der Waals surface area contributed by atoms with Crippen LogP contribution in [0.25, 0.3) is 10.2 Å². The summed E-state index contributed by atoms with van der Waals surface area (Å²) in [6, 6.07) is 6.35. The summed E-state index contributed by atoms with van der Waals surface area (Å²) in [6.45, 7) is 0.163. The number of aryl methyl sites for hydroxylation is 1. The third kappa shape index (κ3) is 4.78. The number of thiophene rings is 1. The molecule has 0 radical (unpaired) electrons. The third-order valence-corrected chi connectivity index (χ3v) is 4.65. The smallest absolute Gasteiger partial charge is 0.345 e. The molecule has 0 aliphatic rings. The van der Waals surface area contributed by atoms with Crippen molar-refractivity contribution in [1.29, 1.82) is 0 Å². The van der Waals surface area contributed by atoms with Crippen molar-refractivity contribution in [1.82, 2.24) is 14.9 Å². The highest BCUT2D eigenvalue weighted by Gasteiger charge is 2.30. The minimum atomic E-state index is -4.43. The number of hydrogen-bond acceptors (Lipinski definition) is 4. The molecule has 0 atom stereocenters. The number of benzene rings is 1. The standard InChI is InChI=1S/C19H14F3N3O2S/c20-19(21,22)14-5-1-3-13(11-14)4-2-8-23-16(26)6-9-25-12-24-17-15(18(25)27)7-10-28-17/h1,3,5,7,10-12H,6,8-9H2,(H,23,26). The molecule has 1 N–H and O–H groups in total. The van der Waals surface area contributed by atoms with E-state index in [9.17, 15) is 22.8 Å². The predicted octanol–water partition coefficient (Wildman–Crippen LogP) is 3.03. The second-order valence-electron chi connectivity index (χ2n) is 5.79. The zero-order valence-electron chi connectivity index (χ0n) is 14.4. The number of nitrogens with one attached hydrogen (secondary N) is 1. The van der Waals surface area contributed by atoms with Gasteiger partial charge in [0, 0.05) is 18.5 Å². The molecule has 2 heterocycles. The Labute approximate surface area is 161 Å². The molecular formula is C19H14F3N3O2S. The fraction of sp³-hybridized carbons (Fsp3) is 0.211. The van der Waals surface area contributed by atoms with Gasteiger partial charge < -0.3 is 5.32 Å². The molecule has 3 aromatic rings. The summed E-state index contributed by atoms with van der Waals surface area (Å²) < 4.78 is 39.3. The summed E-state index contributed by atoms with van der Waals surface area (Å²) in [5.41, 5.74) is -0.765. The molecule has 2 aromatic heterocycles. The molecule has 0 aliphatic heterocycles. The van der Waals surface area contributed by atoms with Crippen molar-refractivity contribution < 1.29 is 18.0 Å². The zero-order chi connectivity index (χ0) is 20.1. The predicted molar refractivity (Wildman–Crippen MR) is 99.8 cm³/mol. The summed E-state index contributed by atoms with van der Waals surface area (Å²) in [7, 11) is 0. The first-order valence-electron chi connectivity index (χ1n) is 8.20. The van der Waals surface area contributed by atoms with Crippen LogP contribution in [0.15, 0.2) is 46.8 Å². The van der Waals surface area contributed by atoms with Crippen molar-refractivity contribution in [2.45, 2.75) is 19.1 Å². The fourth-order valence-electron chi connectivity index (χ4n) is 2.43. The van der Waals surface area contributed by atoms with Crippen molar-refractivity contribution in [2.75, 3.05) is 6.54 Å². The number of carbonyl (C=O) groups is 1. The van der Waals surface area contributed by atoms with E-state index in [0.717, 1.165) is 12.1 Å². The van der Waals surface area contributed by atoms with Gasteiger partial charge in [-0.25, -0.2) is 4.98 Å². The minimum Gasteiger partial charge on any atom is -0.345 e. The van der Waals surface area contributed by atoms with Crippen molar-refractivity contribution in [2.24, 2.45) is 0 Å². The Morgan fingerprint density at radius 1 is 1.29 bits per heavy atom. The van der Waals surface area contributed by atoms with Crippen molar-refractivity contribution in [3.05, 3.63) is 63.5 Å². The highest BCUT2D eigenvalue weighted by atomic mass is 32.1. The van der Waals surface area contributed by atoms with Crippen LogP contribution in [0.2, 0.25) is 0 Å². The maximum absolute atomic E-state index is 12.6. The van der Waals surface area contributed by atoms with Gasteiger partial charge in [-0.2, -0.15) is 13.2 Å². The van der Waals surface area contributed by atoms with E-state index in [1.807, 2.05) is 0 Å². The maximum atomic E-state index is 12.6. The van der Waals surface area contributed by atoms with Crippen LogP contribution in [0.1, 0.15) is 17.5 Å². The van der Waals surface area contributed by atoms with Crippen LogP contribution in [0.3, 0.4) is 0 Å². The van der Waals surface area contributed by atoms with Gasteiger partial charge in [-0.05, 0) is 29.6 Å². The normalized spacial score (nSPS) is 11.1. The molecule has 0 spiro atoms. The zero-order valence-corrected chi connectivity index (χ0v) is 15.2. The fourth-order valence-corrected chi connectivity index (χ4v) is 3.15. The van der Waals surface area contributed by atoms with E-state index in [-0.39, 0.29) is 36.5 Å². The molecular weight excluding hydrogens is 391 g/mol. The van der Waals surface area contributed by atoms with E-state index in [4.69, 9.17) is 0 Å². The topological polar surface area (TPSA) is 64.0 Å². The Morgan fingerprint density at radius 2 is 2.11 bits per heavy atom. The van der Waals surface area contributed by atoms with Gasteiger partial charge >= 0.3 is 6.18 Å². The average molecular weight is 405 g/mol. The second-order valence-corrected chi connectivity index (χ2v) is 6.68. The molecule has 5 nitrogen and oxygen atoms in total. The lowest BCUT2D eigenvalue weighted by atomic mass is 10.1. The highest BCUT2D eigenvalue weighted by Crippen LogP contribution is 2.29. The maximum Gasteiger partial charge on any atom is 0.416 e. The number of rotatable bonds is 4. The molecule has 3 rings (SSSR count). The van der Waals surface area contributed by atoms with Crippen molar-refractivity contribution in [3.8, 4) is 11.8 Å². The average Bonchev–Trinajstić information content (AvgIpc) is 3.14. The molecule has 0 aliphatic carbocycles. The minimum absolute atomic E-state index is 0.00814. The molecule has 0 fully saturated rings. The van der Waals surface area contributed by atoms with Gasteiger partial charge in [-0.15, -0.1) is 11.3 Å². The Bertz CT molecular complexity index is 1120. The monoisotopic (exact) mass is 405 g/mol. The lowest BCUT2D eigenvalue weighted by Gasteiger charge is -2.06. The van der Waals surface area contributed by atoms with E-state index in [1.165, 1.54) is 34.4 Å². The molecule has 28 heavy (non-hydrogen) atoms. The Morgan fingerprint density at radius 3 is 2.89 bits per heavy atom. The number of alkyl halides is 3. The molecule has 0 unspecified atom stereocenters. The van der Waals surface area contributed by atoms with E-state index in [0.29, 0.717) is 10.2 Å². The quantitative estimate of drug-likeness (QED) is 0.679. The van der Waals surface area contributed by atoms with Gasteiger partial charge in [-0.3, -0.25) is 14.2 Å². The summed E-state index contributed by atoms with van der Waals surface area (Å²) >= 11 is 1.37. The van der Waals surface area contributed by atoms with Gasteiger partial charge in [0.05, 0.1) is 23.8 Å². The molecule has 0 saturated carbocycles. The number of aromatic nitrogens is 2. The molecule has 0 saturated heterocycles. The summed E-state index contributed by atoms with van der Waals surface area (Å²) in [5.74, 6) is 4.87. The van der Waals surface area contributed by atoms with Gasteiger partial charge in [-0.1, -0.05) is 17.9 Å². The number of nitrogens with zero attached hydrogens (tertiary/aromatic N) is 2. The number of carbonyl (C=O) groups excluding carboxylic acids is 1. The van der Waals surface area contributed by atoms with Gasteiger partial charge in [0.1, 0.15) is 4.83 Å². The lowest BCUT2D eigenvalue weighted by Crippen LogP contribution is -2.27. The highest BCUT2D eigenvalue weighted by molar-refractivity contribution is 7.16. The van der Waals surface area contributed by atoms with Crippen LogP contribution >= 0.6 is 11.3 Å². The molecule has 1 amide bonds. The molecule has 1 aromatic carbocycles. The van der Waals surface area contributed by atoms with E-state index < -0.39 is 11.7 Å². The van der Waals surface area contributed by atoms with Crippen molar-refractivity contribution in [3.63, 3.8) is 0 Å². The molecule has 0 bridgehead atoms. The largest absolute Gasteiger partial charge is 0.416 e. The van der Waals surface area contributed by atoms with Crippen molar-refractivity contribution >= 4 is 27.5 Å². The first kappa shape index (κ1) is 19.6. The van der Waals surface area contributed by atoms with Gasteiger partial charge in [0.2, 0.25) is 5.91 Å². The van der Waals surface area contributed by atoms with Gasteiger partial charge in [0.25, 0.3) is 5.56 Å². The molecule has 144 valence electrons. The lowest BCUT2D eigenvalue weighted by molar-refractivity contribution is -0.137. The SMILES string of the molecule is O=C(CCn1cnc2sccc2c1=O)NCC#Cc1cccc(C(F)(F)F)c1. The molecule has 9 heteroatoms. The van der Waals surface area contributed by atoms with Crippen LogP contribution in [-0.4, -0.2) is 22.0 Å². The van der Waals surface area contributed by atoms with Crippen LogP contribution in [0, 0.1) is 11.8 Å². The summed E-state index contributed by atoms with van der Waals surface area (Å²) in [4.78, 5) is 28.9. The number of amides is 1. The number of halogens is 3. The summed E-state index contributed by atoms with van der Waals surface area (Å²) in [5, 5.41) is 4.84. The van der Waals surface area contributed by atoms with Gasteiger partial charge in [0.15, 0.2) is 0 Å². The second kappa shape index (κ2) is 8.27. The van der Waals surface area contributed by atoms with Crippen LogP contribution in [-0.2, 0) is 17.5 Å². The Hall–Kier alpha value is -3.12. The first-order chi connectivity index (χ1) is 13.3. The Kier molecular flexibility index (Phi) is 5.80. The van der Waals surface area contributed by atoms with Crippen LogP contribution < -0.4 is 10.9 Å². The van der Waals surface area contributed by atoms with Crippen LogP contribution in [0.5, 0.6) is 0 Å².